The lowest BCUT2D eigenvalue weighted by atomic mass is 10.1. The van der Waals surface area contributed by atoms with Gasteiger partial charge >= 0.3 is 12.2 Å². The van der Waals surface area contributed by atoms with Crippen LogP contribution < -0.4 is 10.2 Å². The third-order valence-corrected chi connectivity index (χ3v) is 4.23. The second-order valence-corrected chi connectivity index (χ2v) is 5.93. The van der Waals surface area contributed by atoms with Crippen LogP contribution in [0.15, 0.2) is 36.5 Å². The molecular weight excluding hydrogens is 324 g/mol. The van der Waals surface area contributed by atoms with Gasteiger partial charge in [-0.2, -0.15) is 5.10 Å². The van der Waals surface area contributed by atoms with E-state index in [4.69, 9.17) is 4.74 Å². The summed E-state index contributed by atoms with van der Waals surface area (Å²) in [6, 6.07) is 9.05. The van der Waals surface area contributed by atoms with E-state index in [-0.39, 0.29) is 19.2 Å². The van der Waals surface area contributed by atoms with Crippen LogP contribution in [-0.4, -0.2) is 39.7 Å². The lowest BCUT2D eigenvalue weighted by molar-refractivity contribution is 0.135. The summed E-state index contributed by atoms with van der Waals surface area (Å²) < 4.78 is 6.88. The molecule has 1 aliphatic heterocycles. The van der Waals surface area contributed by atoms with Crippen molar-refractivity contribution in [1.29, 1.82) is 0 Å². The molecule has 1 aromatic heterocycles. The fraction of sp³-hybridized carbons (Fsp3) is 0.353. The number of hydrogen-bond donors (Lipinski definition) is 2. The summed E-state index contributed by atoms with van der Waals surface area (Å²) in [6.45, 7) is 0.334. The summed E-state index contributed by atoms with van der Waals surface area (Å²) >= 11 is 0. The van der Waals surface area contributed by atoms with Crippen LogP contribution in [0.25, 0.3) is 0 Å². The number of carbonyl (C=O) groups is 2. The topological polar surface area (TPSA) is 96.7 Å². The van der Waals surface area contributed by atoms with Gasteiger partial charge in [0.05, 0.1) is 23.6 Å². The highest BCUT2D eigenvalue weighted by atomic mass is 16.5. The smallest absolute Gasteiger partial charge is 0.411 e. The highest BCUT2D eigenvalue weighted by Gasteiger charge is 2.29. The van der Waals surface area contributed by atoms with Gasteiger partial charge in [-0.1, -0.05) is 30.3 Å². The molecule has 0 saturated heterocycles. The van der Waals surface area contributed by atoms with Gasteiger partial charge in [0.15, 0.2) is 0 Å². The minimum Gasteiger partial charge on any atom is -0.465 e. The molecule has 1 aliphatic rings. The normalized spacial score (nSPS) is 16.7. The molecule has 2 N–H and O–H groups in total. The van der Waals surface area contributed by atoms with Crippen molar-refractivity contribution in [1.82, 2.24) is 15.1 Å². The maximum Gasteiger partial charge on any atom is 0.411 e. The lowest BCUT2D eigenvalue weighted by Crippen LogP contribution is -2.45. The molecule has 0 saturated carbocycles. The van der Waals surface area contributed by atoms with E-state index in [0.717, 1.165) is 11.3 Å². The lowest BCUT2D eigenvalue weighted by Gasteiger charge is -2.22. The Labute approximate surface area is 145 Å². The number of alkyl carbamates (subject to hydrolysis) is 1. The van der Waals surface area contributed by atoms with Crippen molar-refractivity contribution in [2.45, 2.75) is 25.5 Å². The number of carboxylic acid groups (broad SMARTS) is 1. The van der Waals surface area contributed by atoms with Gasteiger partial charge in [0.25, 0.3) is 0 Å². The first-order chi connectivity index (χ1) is 12.0. The van der Waals surface area contributed by atoms with Crippen molar-refractivity contribution in [3.63, 3.8) is 0 Å². The number of aromatic nitrogens is 2. The Balaban J connectivity index is 1.61. The van der Waals surface area contributed by atoms with Crippen LogP contribution in [-0.2, 0) is 24.8 Å². The molecule has 25 heavy (non-hydrogen) atoms. The van der Waals surface area contributed by atoms with Crippen LogP contribution in [0, 0.1) is 0 Å². The molecule has 3 rings (SSSR count). The number of aryl methyl sites for hydroxylation is 1. The van der Waals surface area contributed by atoms with Gasteiger partial charge in [-0.3, -0.25) is 9.58 Å². The van der Waals surface area contributed by atoms with Crippen LogP contribution >= 0.6 is 0 Å². The maximum absolute atomic E-state index is 12.0. The molecule has 8 nitrogen and oxygen atoms in total. The Morgan fingerprint density at radius 2 is 2.12 bits per heavy atom. The molecular formula is C17H20N4O4. The number of nitrogens with one attached hydrogen (secondary N) is 1. The summed E-state index contributed by atoms with van der Waals surface area (Å²) in [7, 11) is 1.78. The number of amides is 2. The van der Waals surface area contributed by atoms with Crippen LogP contribution in [0.3, 0.4) is 0 Å². The maximum atomic E-state index is 12.0. The zero-order chi connectivity index (χ0) is 17.8. The highest BCUT2D eigenvalue weighted by Crippen LogP contribution is 2.25. The van der Waals surface area contributed by atoms with E-state index in [9.17, 15) is 14.7 Å². The first kappa shape index (κ1) is 16.8. The van der Waals surface area contributed by atoms with Crippen molar-refractivity contribution in [2.75, 3.05) is 11.4 Å². The van der Waals surface area contributed by atoms with Gasteiger partial charge in [-0.15, -0.1) is 0 Å². The van der Waals surface area contributed by atoms with E-state index in [0.29, 0.717) is 18.5 Å². The zero-order valence-corrected chi connectivity index (χ0v) is 13.9. The fourth-order valence-electron chi connectivity index (χ4n) is 2.92. The zero-order valence-electron chi connectivity index (χ0n) is 13.9. The number of fused-ring (bicyclic) bond motifs is 1. The number of benzene rings is 1. The SMILES string of the molecule is Cn1ncc2c1CC[C@H](NC(=O)OCc1ccccc1)CN2C(=O)O. The first-order valence-corrected chi connectivity index (χ1v) is 8.03. The molecule has 8 heteroatoms. The van der Waals surface area contributed by atoms with Gasteiger partial charge in [0.2, 0.25) is 0 Å². The summed E-state index contributed by atoms with van der Waals surface area (Å²) in [6.07, 6.45) is 1.15. The molecule has 1 aromatic carbocycles. The van der Waals surface area contributed by atoms with E-state index >= 15 is 0 Å². The summed E-state index contributed by atoms with van der Waals surface area (Å²) in [4.78, 5) is 24.8. The average molecular weight is 344 g/mol. The quantitative estimate of drug-likeness (QED) is 0.889. The van der Waals surface area contributed by atoms with E-state index in [1.165, 1.54) is 4.90 Å². The minimum absolute atomic E-state index is 0.161. The molecule has 0 radical (unpaired) electrons. The minimum atomic E-state index is -1.07. The molecule has 0 aliphatic carbocycles. The number of anilines is 1. The van der Waals surface area contributed by atoms with Crippen LogP contribution in [0.5, 0.6) is 0 Å². The predicted molar refractivity (Wildman–Crippen MR) is 90.5 cm³/mol. The predicted octanol–water partition coefficient (Wildman–Crippen LogP) is 2.15. The molecule has 0 unspecified atom stereocenters. The van der Waals surface area contributed by atoms with Gasteiger partial charge in [0, 0.05) is 13.6 Å². The molecule has 132 valence electrons. The van der Waals surface area contributed by atoms with Crippen molar-refractivity contribution < 1.29 is 19.4 Å². The van der Waals surface area contributed by atoms with E-state index in [2.05, 4.69) is 10.4 Å². The van der Waals surface area contributed by atoms with Crippen LogP contribution in [0.4, 0.5) is 15.3 Å². The number of ether oxygens (including phenoxy) is 1. The molecule has 1 atom stereocenters. The van der Waals surface area contributed by atoms with Crippen molar-refractivity contribution in [3.05, 3.63) is 47.8 Å². The Hall–Kier alpha value is -3.03. The van der Waals surface area contributed by atoms with Gasteiger partial charge in [-0.25, -0.2) is 9.59 Å². The van der Waals surface area contributed by atoms with Crippen LogP contribution in [0.1, 0.15) is 17.7 Å². The molecule has 2 aromatic rings. The summed E-state index contributed by atoms with van der Waals surface area (Å²) in [5.74, 6) is 0. The summed E-state index contributed by atoms with van der Waals surface area (Å²) in [5, 5.41) is 16.4. The molecule has 0 fully saturated rings. The number of hydrogen-bond acceptors (Lipinski definition) is 4. The van der Waals surface area contributed by atoms with Crippen LogP contribution in [0.2, 0.25) is 0 Å². The fourth-order valence-corrected chi connectivity index (χ4v) is 2.92. The Morgan fingerprint density at radius 1 is 1.36 bits per heavy atom. The van der Waals surface area contributed by atoms with Gasteiger partial charge in [-0.05, 0) is 18.4 Å². The van der Waals surface area contributed by atoms with Gasteiger partial charge in [0.1, 0.15) is 6.61 Å². The molecule has 0 spiro atoms. The number of nitrogens with zero attached hydrogens (tertiary/aromatic N) is 3. The van der Waals surface area contributed by atoms with Crippen molar-refractivity contribution >= 4 is 17.9 Å². The Bertz CT molecular complexity index is 759. The Morgan fingerprint density at radius 3 is 2.84 bits per heavy atom. The van der Waals surface area contributed by atoms with Gasteiger partial charge < -0.3 is 15.2 Å². The molecule has 2 amide bonds. The van der Waals surface area contributed by atoms with Crippen molar-refractivity contribution in [2.24, 2.45) is 7.05 Å². The van der Waals surface area contributed by atoms with E-state index < -0.39 is 12.2 Å². The third kappa shape index (κ3) is 3.90. The van der Waals surface area contributed by atoms with Crippen molar-refractivity contribution in [3.8, 4) is 0 Å². The third-order valence-electron chi connectivity index (χ3n) is 4.23. The second-order valence-electron chi connectivity index (χ2n) is 5.93. The van der Waals surface area contributed by atoms with E-state index in [1.807, 2.05) is 30.3 Å². The molecule has 2 heterocycles. The monoisotopic (exact) mass is 344 g/mol. The summed E-state index contributed by atoms with van der Waals surface area (Å²) in [5.41, 5.74) is 2.30. The average Bonchev–Trinajstić information content (AvgIpc) is 2.85. The largest absolute Gasteiger partial charge is 0.465 e. The van der Waals surface area contributed by atoms with E-state index in [1.54, 1.807) is 17.9 Å². The standard InChI is InChI=1S/C17H20N4O4/c1-20-14-8-7-13(10-21(17(23)24)15(14)9-18-20)19-16(22)25-11-12-5-3-2-4-6-12/h2-6,9,13H,7-8,10-11H2,1H3,(H,19,22)(H,23,24)/t13-/m0/s1. The first-order valence-electron chi connectivity index (χ1n) is 8.03. The highest BCUT2D eigenvalue weighted by molar-refractivity contribution is 5.87. The molecule has 0 bridgehead atoms. The Kier molecular flexibility index (Phi) is 4.87. The number of rotatable bonds is 3. The number of carbonyl (C=O) groups excluding carboxylic acids is 1. The second kappa shape index (κ2) is 7.25.